The largest absolute Gasteiger partial charge is 0.417 e. The van der Waals surface area contributed by atoms with Gasteiger partial charge in [-0.15, -0.1) is 0 Å². The number of hydrogen-bond donors (Lipinski definition) is 0. The molecule has 1 aliphatic rings. The van der Waals surface area contributed by atoms with Crippen molar-refractivity contribution in [1.82, 2.24) is 24.0 Å². The quantitative estimate of drug-likeness (QED) is 0.602. The van der Waals surface area contributed by atoms with Gasteiger partial charge in [0.05, 0.1) is 18.8 Å². The smallest absolute Gasteiger partial charge is 0.295 e. The van der Waals surface area contributed by atoms with Gasteiger partial charge in [0.25, 0.3) is 6.43 Å². The summed E-state index contributed by atoms with van der Waals surface area (Å²) in [7, 11) is 0. The Morgan fingerprint density at radius 2 is 1.72 bits per heavy atom. The van der Waals surface area contributed by atoms with Gasteiger partial charge in [0, 0.05) is 32.4 Å². The minimum atomic E-state index is -4.45. The van der Waals surface area contributed by atoms with E-state index in [9.17, 15) is 22.0 Å². The van der Waals surface area contributed by atoms with Crippen molar-refractivity contribution in [2.24, 2.45) is 0 Å². The molecule has 25 heavy (non-hydrogen) atoms. The van der Waals surface area contributed by atoms with Gasteiger partial charge in [0.15, 0.2) is 5.65 Å². The molecule has 2 aromatic rings. The van der Waals surface area contributed by atoms with E-state index in [0.29, 0.717) is 38.5 Å². The molecule has 0 aliphatic carbocycles. The third-order valence-electron chi connectivity index (χ3n) is 4.10. The number of rotatable bonds is 4. The maximum Gasteiger partial charge on any atom is 0.417 e. The number of piperazine rings is 1. The fraction of sp³-hybridized carbons (Fsp3) is 0.571. The zero-order valence-corrected chi connectivity index (χ0v) is 13.9. The lowest BCUT2D eigenvalue weighted by Crippen LogP contribution is -2.48. The highest BCUT2D eigenvalue weighted by atomic mass is 32.1. The van der Waals surface area contributed by atoms with Crippen molar-refractivity contribution in [3.05, 3.63) is 28.7 Å². The van der Waals surface area contributed by atoms with Crippen molar-refractivity contribution in [2.45, 2.75) is 19.3 Å². The highest BCUT2D eigenvalue weighted by Crippen LogP contribution is 2.29. The van der Waals surface area contributed by atoms with E-state index in [2.05, 4.69) is 5.10 Å². The van der Waals surface area contributed by atoms with Gasteiger partial charge in [-0.3, -0.25) is 14.2 Å². The third-order valence-corrected chi connectivity index (χ3v) is 4.51. The van der Waals surface area contributed by atoms with Crippen molar-refractivity contribution in [1.29, 1.82) is 0 Å². The summed E-state index contributed by atoms with van der Waals surface area (Å²) in [4.78, 5) is 3.66. The molecule has 3 rings (SSSR count). The van der Waals surface area contributed by atoms with Crippen LogP contribution < -0.4 is 0 Å². The van der Waals surface area contributed by atoms with Crippen LogP contribution in [-0.4, -0.2) is 63.1 Å². The van der Waals surface area contributed by atoms with Gasteiger partial charge < -0.3 is 0 Å². The monoisotopic (exact) mass is 381 g/mol. The second-order valence-electron chi connectivity index (χ2n) is 5.88. The Bertz CT molecular complexity index is 791. The van der Waals surface area contributed by atoms with Crippen LogP contribution in [0.15, 0.2) is 18.3 Å². The van der Waals surface area contributed by atoms with Crippen molar-refractivity contribution < 1.29 is 22.0 Å². The van der Waals surface area contributed by atoms with Gasteiger partial charge in [0.2, 0.25) is 4.77 Å². The lowest BCUT2D eigenvalue weighted by Gasteiger charge is -2.34. The van der Waals surface area contributed by atoms with Crippen LogP contribution in [0.3, 0.4) is 0 Å². The Hall–Kier alpha value is -1.59. The van der Waals surface area contributed by atoms with Crippen LogP contribution in [0.5, 0.6) is 0 Å². The van der Waals surface area contributed by atoms with Crippen molar-refractivity contribution in [3.8, 4) is 0 Å². The standard InChI is InChI=1S/C14H16F5N5S/c15-11(16)8-21-3-5-22(6-4-21)9-24-13(25)23-7-10(14(17,18)19)1-2-12(23)20-24/h1-2,7,11H,3-6,8-9H2. The van der Waals surface area contributed by atoms with Gasteiger partial charge in [-0.25, -0.2) is 13.5 Å². The van der Waals surface area contributed by atoms with E-state index in [-0.39, 0.29) is 11.3 Å². The molecule has 0 amide bonds. The molecule has 0 spiro atoms. The van der Waals surface area contributed by atoms with Crippen LogP contribution in [0.2, 0.25) is 0 Å². The van der Waals surface area contributed by atoms with E-state index >= 15 is 0 Å². The first-order valence-electron chi connectivity index (χ1n) is 7.63. The fourth-order valence-corrected chi connectivity index (χ4v) is 3.02. The van der Waals surface area contributed by atoms with Crippen molar-refractivity contribution in [2.75, 3.05) is 32.7 Å². The number of halogens is 5. The number of nitrogens with zero attached hydrogens (tertiary/aromatic N) is 5. The fourth-order valence-electron chi connectivity index (χ4n) is 2.78. The van der Waals surface area contributed by atoms with Crippen LogP contribution in [-0.2, 0) is 12.8 Å². The van der Waals surface area contributed by atoms with Gasteiger partial charge in [-0.1, -0.05) is 0 Å². The number of hydrogen-bond acceptors (Lipinski definition) is 4. The molecule has 11 heteroatoms. The summed E-state index contributed by atoms with van der Waals surface area (Å²) in [6, 6.07) is 2.24. The second-order valence-corrected chi connectivity index (χ2v) is 6.24. The highest BCUT2D eigenvalue weighted by molar-refractivity contribution is 7.71. The molecule has 5 nitrogen and oxygen atoms in total. The van der Waals surface area contributed by atoms with E-state index in [4.69, 9.17) is 12.2 Å². The summed E-state index contributed by atoms with van der Waals surface area (Å²) in [6.07, 6.45) is -5.88. The van der Waals surface area contributed by atoms with E-state index < -0.39 is 18.2 Å². The molecule has 0 N–H and O–H groups in total. The first kappa shape index (κ1) is 18.2. The minimum Gasteiger partial charge on any atom is -0.295 e. The zero-order chi connectivity index (χ0) is 18.2. The SMILES string of the molecule is FC(F)CN1CCN(Cn2nc3ccc(C(F)(F)F)cn3c2=S)CC1. The summed E-state index contributed by atoms with van der Waals surface area (Å²) < 4.78 is 66.1. The van der Waals surface area contributed by atoms with Gasteiger partial charge in [0.1, 0.15) is 0 Å². The molecule has 2 aromatic heterocycles. The summed E-state index contributed by atoms with van der Waals surface area (Å²) in [5.74, 6) is 0. The summed E-state index contributed by atoms with van der Waals surface area (Å²) in [6.45, 7) is 2.20. The normalized spacial score (nSPS) is 17.7. The van der Waals surface area contributed by atoms with Crippen LogP contribution in [0.25, 0.3) is 5.65 Å². The van der Waals surface area contributed by atoms with Crippen molar-refractivity contribution in [3.63, 3.8) is 0 Å². The number of pyridine rings is 1. The molecule has 0 saturated carbocycles. The summed E-state index contributed by atoms with van der Waals surface area (Å²) in [5.41, 5.74) is -0.467. The molecule has 1 fully saturated rings. The first-order chi connectivity index (χ1) is 11.7. The molecule has 0 atom stereocenters. The molecule has 138 valence electrons. The molecule has 1 saturated heterocycles. The Morgan fingerprint density at radius 3 is 2.32 bits per heavy atom. The van der Waals surface area contributed by atoms with E-state index in [0.717, 1.165) is 12.3 Å². The summed E-state index contributed by atoms with van der Waals surface area (Å²) >= 11 is 5.22. The zero-order valence-electron chi connectivity index (χ0n) is 13.1. The average Bonchev–Trinajstić information content (AvgIpc) is 2.84. The van der Waals surface area contributed by atoms with Crippen LogP contribution in [0, 0.1) is 4.77 Å². The Kier molecular flexibility index (Phi) is 5.07. The second kappa shape index (κ2) is 6.96. The molecular formula is C14H16F5N5S. The van der Waals surface area contributed by atoms with Crippen LogP contribution in [0.4, 0.5) is 22.0 Å². The Balaban J connectivity index is 1.73. The Morgan fingerprint density at radius 1 is 1.08 bits per heavy atom. The minimum absolute atomic E-state index is 0.163. The van der Waals surface area contributed by atoms with E-state index in [1.807, 2.05) is 4.90 Å². The molecule has 3 heterocycles. The highest BCUT2D eigenvalue weighted by Gasteiger charge is 2.31. The lowest BCUT2D eigenvalue weighted by molar-refractivity contribution is -0.137. The molecule has 0 aromatic carbocycles. The maximum atomic E-state index is 12.8. The maximum absolute atomic E-state index is 12.8. The van der Waals surface area contributed by atoms with Crippen molar-refractivity contribution >= 4 is 17.9 Å². The van der Waals surface area contributed by atoms with Crippen LogP contribution in [0.1, 0.15) is 5.56 Å². The molecule has 0 radical (unpaired) electrons. The number of alkyl halides is 5. The van der Waals surface area contributed by atoms with Gasteiger partial charge in [-0.2, -0.15) is 18.3 Å². The first-order valence-corrected chi connectivity index (χ1v) is 8.04. The number of fused-ring (bicyclic) bond motifs is 1. The average molecular weight is 381 g/mol. The molecule has 0 bridgehead atoms. The van der Waals surface area contributed by atoms with Crippen LogP contribution >= 0.6 is 12.2 Å². The topological polar surface area (TPSA) is 28.7 Å². The molecular weight excluding hydrogens is 365 g/mol. The Labute approximate surface area is 145 Å². The third kappa shape index (κ3) is 4.15. The number of aromatic nitrogens is 3. The molecule has 1 aliphatic heterocycles. The molecule has 0 unspecified atom stereocenters. The summed E-state index contributed by atoms with van der Waals surface area (Å²) in [5, 5.41) is 4.23. The van der Waals surface area contributed by atoms with E-state index in [1.54, 1.807) is 4.90 Å². The predicted molar refractivity (Wildman–Crippen MR) is 83.0 cm³/mol. The van der Waals surface area contributed by atoms with Gasteiger partial charge in [-0.05, 0) is 24.4 Å². The lowest BCUT2D eigenvalue weighted by atomic mass is 10.3. The van der Waals surface area contributed by atoms with E-state index in [1.165, 1.54) is 15.1 Å². The predicted octanol–water partition coefficient (Wildman–Crippen LogP) is 2.72. The van der Waals surface area contributed by atoms with Gasteiger partial charge >= 0.3 is 6.18 Å².